The van der Waals surface area contributed by atoms with Crippen LogP contribution in [0.4, 0.5) is 0 Å². The van der Waals surface area contributed by atoms with Crippen molar-refractivity contribution < 1.29 is 4.74 Å². The molecule has 0 saturated carbocycles. The van der Waals surface area contributed by atoms with Crippen LogP contribution in [0, 0.1) is 20.8 Å². The second-order valence-electron chi connectivity index (χ2n) is 5.30. The van der Waals surface area contributed by atoms with Gasteiger partial charge in [-0.3, -0.25) is 9.97 Å². The molecule has 4 heteroatoms. The maximum Gasteiger partial charge on any atom is 0.128 e. The van der Waals surface area contributed by atoms with Crippen LogP contribution in [-0.2, 0) is 6.42 Å². The Balaban J connectivity index is 2.31. The van der Waals surface area contributed by atoms with Gasteiger partial charge >= 0.3 is 0 Å². The highest BCUT2D eigenvalue weighted by molar-refractivity contribution is 5.41. The maximum atomic E-state index is 5.48. The normalized spacial score (nSPS) is 12.2. The summed E-state index contributed by atoms with van der Waals surface area (Å²) in [5, 5.41) is 3.33. The van der Waals surface area contributed by atoms with Crippen LogP contribution >= 0.6 is 0 Å². The van der Waals surface area contributed by atoms with Gasteiger partial charge in [0.1, 0.15) is 5.75 Å². The van der Waals surface area contributed by atoms with Crippen molar-refractivity contribution in [1.82, 2.24) is 15.3 Å². The van der Waals surface area contributed by atoms with Crippen molar-refractivity contribution in [3.05, 3.63) is 52.6 Å². The minimum absolute atomic E-state index is 0.142. The first kappa shape index (κ1) is 15.4. The van der Waals surface area contributed by atoms with E-state index in [9.17, 15) is 0 Å². The van der Waals surface area contributed by atoms with Crippen molar-refractivity contribution in [2.24, 2.45) is 0 Å². The van der Waals surface area contributed by atoms with E-state index in [1.54, 1.807) is 7.11 Å². The predicted octanol–water partition coefficient (Wildman–Crippen LogP) is 2.91. The van der Waals surface area contributed by atoms with E-state index in [4.69, 9.17) is 4.74 Å². The van der Waals surface area contributed by atoms with Gasteiger partial charge in [-0.2, -0.15) is 0 Å². The Bertz CT molecular complexity index is 625. The Kier molecular flexibility index (Phi) is 4.91. The highest BCUT2D eigenvalue weighted by atomic mass is 16.5. The SMILES string of the molecule is CNC(Cc1ncc(C)c(OC)c1C)c1cccc(C)n1. The van der Waals surface area contributed by atoms with Gasteiger partial charge in [0.25, 0.3) is 0 Å². The Morgan fingerprint density at radius 1 is 1.24 bits per heavy atom. The molecule has 0 radical (unpaired) electrons. The summed E-state index contributed by atoms with van der Waals surface area (Å²) in [6, 6.07) is 6.24. The Labute approximate surface area is 126 Å². The molecule has 0 amide bonds. The number of nitrogens with one attached hydrogen (secondary N) is 1. The van der Waals surface area contributed by atoms with Gasteiger partial charge in [-0.1, -0.05) is 6.07 Å². The topological polar surface area (TPSA) is 47.0 Å². The number of methoxy groups -OCH3 is 1. The number of ether oxygens (including phenoxy) is 1. The molecule has 0 aliphatic heterocycles. The summed E-state index contributed by atoms with van der Waals surface area (Å²) in [7, 11) is 3.66. The molecule has 1 unspecified atom stereocenters. The Hall–Kier alpha value is -1.94. The largest absolute Gasteiger partial charge is 0.496 e. The molecule has 0 fully saturated rings. The molecule has 1 atom stereocenters. The highest BCUT2D eigenvalue weighted by Crippen LogP contribution is 2.26. The van der Waals surface area contributed by atoms with Gasteiger partial charge in [0, 0.05) is 35.1 Å². The molecule has 0 spiro atoms. The van der Waals surface area contributed by atoms with E-state index in [0.717, 1.165) is 40.4 Å². The van der Waals surface area contributed by atoms with Crippen LogP contribution in [0.25, 0.3) is 0 Å². The minimum Gasteiger partial charge on any atom is -0.496 e. The first-order valence-corrected chi connectivity index (χ1v) is 7.16. The van der Waals surface area contributed by atoms with Crippen molar-refractivity contribution in [2.75, 3.05) is 14.2 Å². The van der Waals surface area contributed by atoms with Gasteiger partial charge in [-0.05, 0) is 40.0 Å². The van der Waals surface area contributed by atoms with E-state index in [0.29, 0.717) is 0 Å². The second-order valence-corrected chi connectivity index (χ2v) is 5.30. The van der Waals surface area contributed by atoms with E-state index >= 15 is 0 Å². The summed E-state index contributed by atoms with van der Waals surface area (Å²) in [5.41, 5.74) is 5.27. The summed E-state index contributed by atoms with van der Waals surface area (Å²) in [4.78, 5) is 9.18. The van der Waals surface area contributed by atoms with Gasteiger partial charge in [-0.25, -0.2) is 0 Å². The number of hydrogen-bond acceptors (Lipinski definition) is 4. The number of nitrogens with zero attached hydrogens (tertiary/aromatic N) is 2. The number of likely N-dealkylation sites (N-methyl/N-ethyl adjacent to an activating group) is 1. The zero-order valence-electron chi connectivity index (χ0n) is 13.4. The van der Waals surface area contributed by atoms with Crippen LogP contribution in [0.2, 0.25) is 0 Å². The van der Waals surface area contributed by atoms with Crippen molar-refractivity contribution in [1.29, 1.82) is 0 Å². The molecule has 0 aliphatic carbocycles. The molecule has 21 heavy (non-hydrogen) atoms. The fourth-order valence-corrected chi connectivity index (χ4v) is 2.58. The first-order valence-electron chi connectivity index (χ1n) is 7.16. The molecule has 2 rings (SSSR count). The first-order chi connectivity index (χ1) is 10.1. The average molecular weight is 285 g/mol. The van der Waals surface area contributed by atoms with Gasteiger partial charge in [0.05, 0.1) is 18.8 Å². The monoisotopic (exact) mass is 285 g/mol. The molecule has 2 aromatic rings. The number of hydrogen-bond donors (Lipinski definition) is 1. The van der Waals surface area contributed by atoms with Gasteiger partial charge in [-0.15, -0.1) is 0 Å². The van der Waals surface area contributed by atoms with Gasteiger partial charge in [0.15, 0.2) is 0 Å². The lowest BCUT2D eigenvalue weighted by Gasteiger charge is -2.18. The molecule has 2 heterocycles. The minimum atomic E-state index is 0.142. The van der Waals surface area contributed by atoms with E-state index < -0.39 is 0 Å². The van der Waals surface area contributed by atoms with E-state index in [2.05, 4.69) is 28.3 Å². The van der Waals surface area contributed by atoms with Crippen molar-refractivity contribution in [3.8, 4) is 5.75 Å². The Morgan fingerprint density at radius 2 is 2.00 bits per heavy atom. The fourth-order valence-electron chi connectivity index (χ4n) is 2.58. The third-order valence-corrected chi connectivity index (χ3v) is 3.76. The quantitative estimate of drug-likeness (QED) is 0.917. The Morgan fingerprint density at radius 3 is 2.62 bits per heavy atom. The van der Waals surface area contributed by atoms with Crippen molar-refractivity contribution in [3.63, 3.8) is 0 Å². The number of rotatable bonds is 5. The highest BCUT2D eigenvalue weighted by Gasteiger charge is 2.16. The third-order valence-electron chi connectivity index (χ3n) is 3.76. The van der Waals surface area contributed by atoms with Crippen LogP contribution in [-0.4, -0.2) is 24.1 Å². The number of pyridine rings is 2. The molecule has 1 N–H and O–H groups in total. The molecular weight excluding hydrogens is 262 g/mol. The molecule has 4 nitrogen and oxygen atoms in total. The molecule has 0 aliphatic rings. The number of aryl methyl sites for hydroxylation is 2. The van der Waals surface area contributed by atoms with E-state index in [-0.39, 0.29) is 6.04 Å². The smallest absolute Gasteiger partial charge is 0.128 e. The van der Waals surface area contributed by atoms with Gasteiger partial charge < -0.3 is 10.1 Å². The molecule has 0 saturated heterocycles. The summed E-state index contributed by atoms with van der Waals surface area (Å²) >= 11 is 0. The fraction of sp³-hybridized carbons (Fsp3) is 0.412. The summed E-state index contributed by atoms with van der Waals surface area (Å²) in [5.74, 6) is 0.923. The zero-order valence-corrected chi connectivity index (χ0v) is 13.4. The molecule has 0 bridgehead atoms. The molecular formula is C17H23N3O. The third kappa shape index (κ3) is 3.39. The van der Waals surface area contributed by atoms with E-state index in [1.807, 2.05) is 39.2 Å². The van der Waals surface area contributed by atoms with Crippen LogP contribution in [0.5, 0.6) is 5.75 Å². The molecule has 0 aromatic carbocycles. The average Bonchev–Trinajstić information content (AvgIpc) is 2.47. The van der Waals surface area contributed by atoms with Crippen molar-refractivity contribution >= 4 is 0 Å². The summed E-state index contributed by atoms with van der Waals surface area (Å²) in [6.45, 7) is 6.08. The second kappa shape index (κ2) is 6.68. The maximum absolute atomic E-state index is 5.48. The van der Waals surface area contributed by atoms with Crippen LogP contribution < -0.4 is 10.1 Å². The van der Waals surface area contributed by atoms with Crippen LogP contribution in [0.3, 0.4) is 0 Å². The summed E-state index contributed by atoms with van der Waals surface area (Å²) in [6.07, 6.45) is 2.66. The summed E-state index contributed by atoms with van der Waals surface area (Å²) < 4.78 is 5.48. The molecule has 2 aromatic heterocycles. The molecule has 112 valence electrons. The lowest BCUT2D eigenvalue weighted by atomic mass is 10.0. The predicted molar refractivity (Wildman–Crippen MR) is 84.7 cm³/mol. The lowest BCUT2D eigenvalue weighted by Crippen LogP contribution is -2.21. The lowest BCUT2D eigenvalue weighted by molar-refractivity contribution is 0.406. The zero-order chi connectivity index (χ0) is 15.4. The standard InChI is InChI=1S/C17H23N3O/c1-11-10-19-15(13(3)17(11)21-5)9-16(18-4)14-8-6-7-12(2)20-14/h6-8,10,16,18H,9H2,1-5H3. The van der Waals surface area contributed by atoms with Crippen molar-refractivity contribution in [2.45, 2.75) is 33.2 Å². The van der Waals surface area contributed by atoms with Crippen LogP contribution in [0.1, 0.15) is 34.3 Å². The van der Waals surface area contributed by atoms with Crippen LogP contribution in [0.15, 0.2) is 24.4 Å². The van der Waals surface area contributed by atoms with Gasteiger partial charge in [0.2, 0.25) is 0 Å². The van der Waals surface area contributed by atoms with E-state index in [1.165, 1.54) is 0 Å². The number of aromatic nitrogens is 2.